The third-order valence-electron chi connectivity index (χ3n) is 4.09. The third-order valence-corrected chi connectivity index (χ3v) is 4.09. The minimum Gasteiger partial charge on any atom is -0.493 e. The Balaban J connectivity index is 2.21. The number of rotatable bonds is 3. The smallest absolute Gasteiger partial charge is 0.493 e. The summed E-state index contributed by atoms with van der Waals surface area (Å²) in [4.78, 5) is 8.33. The Bertz CT molecular complexity index is 1120. The molecule has 30 heavy (non-hydrogen) atoms. The number of fused-ring (bicyclic) bond motifs is 1. The number of anilines is 3. The molecule has 3 rings (SSSR count). The quantitative estimate of drug-likeness (QED) is 0.430. The van der Waals surface area contributed by atoms with E-state index in [2.05, 4.69) is 25.3 Å². The molecule has 0 saturated heterocycles. The number of aliphatic imine (C=N–C) groups is 1. The largest absolute Gasteiger partial charge is 0.573 e. The van der Waals surface area contributed by atoms with E-state index in [9.17, 15) is 18.4 Å². The number of hydrogen-bond donors (Lipinski definition) is 4. The topological polar surface area (TPSA) is 167 Å². The number of nitrogens with two attached hydrogens (primary N) is 2. The van der Waals surface area contributed by atoms with Gasteiger partial charge in [0.1, 0.15) is 29.3 Å². The summed E-state index contributed by atoms with van der Waals surface area (Å²) < 4.78 is 47.3. The SMILES string of the molecule is COc1ccc(C2N=C(NC#N)Nc3nc(N)c(C#N)c(N)c32)cc1OC(F)(F)F. The van der Waals surface area contributed by atoms with Crippen molar-refractivity contribution in [3.8, 4) is 23.8 Å². The molecule has 1 aromatic carbocycles. The highest BCUT2D eigenvalue weighted by molar-refractivity contribution is 5.98. The summed E-state index contributed by atoms with van der Waals surface area (Å²) in [5.41, 5.74) is 12.1. The molecule has 13 heteroatoms. The molecule has 0 bridgehead atoms. The number of nitrogen functional groups attached to an aromatic ring is 2. The lowest BCUT2D eigenvalue weighted by Gasteiger charge is -2.26. The van der Waals surface area contributed by atoms with Gasteiger partial charge >= 0.3 is 6.36 Å². The van der Waals surface area contributed by atoms with E-state index < -0.39 is 18.2 Å². The van der Waals surface area contributed by atoms with Crippen molar-refractivity contribution in [1.82, 2.24) is 10.3 Å². The second-order valence-electron chi connectivity index (χ2n) is 5.86. The van der Waals surface area contributed by atoms with Crippen LogP contribution >= 0.6 is 0 Å². The van der Waals surface area contributed by atoms with E-state index >= 15 is 0 Å². The molecule has 2 heterocycles. The number of nitriles is 2. The Hall–Kier alpha value is -4.39. The van der Waals surface area contributed by atoms with Crippen LogP contribution in [-0.2, 0) is 0 Å². The summed E-state index contributed by atoms with van der Waals surface area (Å²) in [5.74, 6) is -0.870. The first-order valence-corrected chi connectivity index (χ1v) is 8.11. The first-order chi connectivity index (χ1) is 14.2. The van der Waals surface area contributed by atoms with Gasteiger partial charge in [0, 0.05) is 5.56 Å². The van der Waals surface area contributed by atoms with Gasteiger partial charge in [-0.25, -0.2) is 9.98 Å². The van der Waals surface area contributed by atoms with Gasteiger partial charge in [0.05, 0.1) is 12.8 Å². The fraction of sp³-hybridized carbons (Fsp3) is 0.176. The van der Waals surface area contributed by atoms with Gasteiger partial charge in [0.15, 0.2) is 17.7 Å². The molecule has 0 saturated carbocycles. The number of benzene rings is 1. The number of hydrogen-bond acceptors (Lipinski definition) is 10. The Kier molecular flexibility index (Phi) is 5.12. The third kappa shape index (κ3) is 3.77. The molecule has 1 aliphatic heterocycles. The van der Waals surface area contributed by atoms with Gasteiger partial charge in [0.25, 0.3) is 0 Å². The second kappa shape index (κ2) is 7.56. The molecule has 154 valence electrons. The van der Waals surface area contributed by atoms with E-state index in [1.165, 1.54) is 19.2 Å². The van der Waals surface area contributed by atoms with E-state index in [0.717, 1.165) is 6.07 Å². The maximum atomic E-state index is 12.8. The van der Waals surface area contributed by atoms with Crippen LogP contribution < -0.4 is 31.6 Å². The highest BCUT2D eigenvalue weighted by Gasteiger charge is 2.34. The number of alkyl halides is 3. The molecule has 1 atom stereocenters. The Morgan fingerprint density at radius 3 is 2.57 bits per heavy atom. The molecule has 6 N–H and O–H groups in total. The van der Waals surface area contributed by atoms with Crippen LogP contribution in [0.1, 0.15) is 22.7 Å². The van der Waals surface area contributed by atoms with Gasteiger partial charge < -0.3 is 26.3 Å². The maximum Gasteiger partial charge on any atom is 0.573 e. The molecular weight excluding hydrogens is 405 g/mol. The predicted octanol–water partition coefficient (Wildman–Crippen LogP) is 1.97. The molecule has 10 nitrogen and oxygen atoms in total. The first kappa shape index (κ1) is 20.3. The van der Waals surface area contributed by atoms with Crippen molar-refractivity contribution >= 4 is 23.3 Å². The molecule has 0 spiro atoms. The van der Waals surface area contributed by atoms with Crippen molar-refractivity contribution in [3.63, 3.8) is 0 Å². The minimum absolute atomic E-state index is 0.0416. The van der Waals surface area contributed by atoms with Crippen LogP contribution in [0.5, 0.6) is 11.5 Å². The van der Waals surface area contributed by atoms with Crippen LogP contribution in [0, 0.1) is 22.8 Å². The zero-order valence-electron chi connectivity index (χ0n) is 15.2. The van der Waals surface area contributed by atoms with Gasteiger partial charge in [-0.3, -0.25) is 5.32 Å². The average molecular weight is 418 g/mol. The molecule has 1 unspecified atom stereocenters. The van der Waals surface area contributed by atoms with E-state index in [4.69, 9.17) is 21.5 Å². The number of nitrogens with zero attached hydrogens (tertiary/aromatic N) is 4. The molecule has 0 aliphatic carbocycles. The van der Waals surface area contributed by atoms with Gasteiger partial charge in [-0.05, 0) is 17.7 Å². The molecule has 1 aliphatic rings. The summed E-state index contributed by atoms with van der Waals surface area (Å²) in [6, 6.07) is 4.58. The predicted molar refractivity (Wildman–Crippen MR) is 99.1 cm³/mol. The first-order valence-electron chi connectivity index (χ1n) is 8.11. The van der Waals surface area contributed by atoms with Gasteiger partial charge in [-0.15, -0.1) is 13.2 Å². The van der Waals surface area contributed by atoms with Crippen molar-refractivity contribution in [3.05, 3.63) is 34.9 Å². The zero-order chi connectivity index (χ0) is 22.1. The second-order valence-corrected chi connectivity index (χ2v) is 5.86. The van der Waals surface area contributed by atoms with Gasteiger partial charge in [-0.1, -0.05) is 6.07 Å². The van der Waals surface area contributed by atoms with Crippen LogP contribution in [0.25, 0.3) is 0 Å². The number of guanidine groups is 1. The zero-order valence-corrected chi connectivity index (χ0v) is 15.2. The molecule has 0 amide bonds. The summed E-state index contributed by atoms with van der Waals surface area (Å²) in [7, 11) is 1.19. The lowest BCUT2D eigenvalue weighted by molar-refractivity contribution is -0.275. The highest BCUT2D eigenvalue weighted by atomic mass is 19.4. The van der Waals surface area contributed by atoms with Gasteiger partial charge in [-0.2, -0.15) is 10.5 Å². The van der Waals surface area contributed by atoms with Crippen molar-refractivity contribution in [2.24, 2.45) is 4.99 Å². The monoisotopic (exact) mass is 418 g/mol. The highest BCUT2D eigenvalue weighted by Crippen LogP contribution is 2.43. The standard InChI is InChI=1S/C17H13F3N8O2/c1-29-9-3-2-7(4-10(9)30-17(18,19)20)13-11-12(23)8(5-21)14(24)27-15(11)28-16(26-13)25-6-22/h2-4,13H,1H3,(H6,23,24,25,26,27,28). The summed E-state index contributed by atoms with van der Waals surface area (Å²) >= 11 is 0. The normalized spacial score (nSPS) is 15.0. The van der Waals surface area contributed by atoms with Crippen molar-refractivity contribution in [1.29, 1.82) is 10.5 Å². The number of aromatic nitrogens is 1. The van der Waals surface area contributed by atoms with Crippen molar-refractivity contribution in [2.75, 3.05) is 23.9 Å². The van der Waals surface area contributed by atoms with Crippen molar-refractivity contribution in [2.45, 2.75) is 12.4 Å². The fourth-order valence-corrected chi connectivity index (χ4v) is 2.89. The number of halogens is 3. The van der Waals surface area contributed by atoms with Crippen LogP contribution in [0.3, 0.4) is 0 Å². The summed E-state index contributed by atoms with van der Waals surface area (Å²) in [6.07, 6.45) is -3.29. The molecule has 0 radical (unpaired) electrons. The lowest BCUT2D eigenvalue weighted by Crippen LogP contribution is -2.32. The summed E-state index contributed by atoms with van der Waals surface area (Å²) in [5, 5.41) is 23.2. The minimum atomic E-state index is -4.96. The van der Waals surface area contributed by atoms with Crippen LogP contribution in [0.4, 0.5) is 30.5 Å². The molecule has 1 aromatic heterocycles. The number of ether oxygens (including phenoxy) is 2. The van der Waals surface area contributed by atoms with Crippen LogP contribution in [0.15, 0.2) is 23.2 Å². The van der Waals surface area contributed by atoms with E-state index in [1.807, 2.05) is 6.07 Å². The number of pyridine rings is 1. The van der Waals surface area contributed by atoms with Crippen molar-refractivity contribution < 1.29 is 22.6 Å². The fourth-order valence-electron chi connectivity index (χ4n) is 2.89. The molecule has 2 aromatic rings. The summed E-state index contributed by atoms with van der Waals surface area (Å²) in [6.45, 7) is 0. The van der Waals surface area contributed by atoms with Crippen LogP contribution in [0.2, 0.25) is 0 Å². The Labute approximate surface area is 167 Å². The molecular formula is C17H13F3N8O2. The van der Waals surface area contributed by atoms with E-state index in [0.29, 0.717) is 0 Å². The Morgan fingerprint density at radius 1 is 1.23 bits per heavy atom. The Morgan fingerprint density at radius 2 is 1.97 bits per heavy atom. The van der Waals surface area contributed by atoms with Gasteiger partial charge in [0.2, 0.25) is 5.96 Å². The lowest BCUT2D eigenvalue weighted by atomic mass is 9.95. The van der Waals surface area contributed by atoms with E-state index in [-0.39, 0.29) is 45.7 Å². The maximum absolute atomic E-state index is 12.8. The van der Waals surface area contributed by atoms with E-state index in [1.54, 1.807) is 6.19 Å². The molecule has 0 fully saturated rings. The number of methoxy groups -OCH3 is 1. The average Bonchev–Trinajstić information content (AvgIpc) is 2.66. The van der Waals surface area contributed by atoms with Crippen LogP contribution in [-0.4, -0.2) is 24.4 Å². The number of nitrogens with one attached hydrogen (secondary N) is 2.